The highest BCUT2D eigenvalue weighted by molar-refractivity contribution is 5.85. The van der Waals surface area contributed by atoms with Crippen molar-refractivity contribution >= 4 is 24.3 Å². The van der Waals surface area contributed by atoms with Gasteiger partial charge in [-0.05, 0) is 6.07 Å². The Bertz CT molecular complexity index is 388. The first-order valence-corrected chi connectivity index (χ1v) is 3.54. The average Bonchev–Trinajstić information content (AvgIpc) is 2.52. The van der Waals surface area contributed by atoms with Crippen LogP contribution in [0.3, 0.4) is 0 Å². The standard InChI is InChI=1S/C6H7N5O3.ClH/c7-6(8)10-9-3-4-1-2-5(14-4)11(12)13;/h1-2H,3H2,(H3,7,8);1H. The summed E-state index contributed by atoms with van der Waals surface area (Å²) in [5, 5.41) is 23.6. The Morgan fingerprint density at radius 3 is 2.80 bits per heavy atom. The molecule has 0 amide bonds. The molecule has 0 spiro atoms. The molecular weight excluding hydrogens is 226 g/mol. The van der Waals surface area contributed by atoms with Crippen LogP contribution in [0.1, 0.15) is 5.76 Å². The number of azo groups is 1. The van der Waals surface area contributed by atoms with Crippen LogP contribution in [0.5, 0.6) is 0 Å². The zero-order chi connectivity index (χ0) is 10.6. The van der Waals surface area contributed by atoms with E-state index in [1.54, 1.807) is 0 Å². The molecule has 82 valence electrons. The molecule has 0 aliphatic heterocycles. The molecule has 0 fully saturated rings. The third kappa shape index (κ3) is 4.18. The molecule has 1 aromatic rings. The molecule has 0 unspecified atom stereocenters. The summed E-state index contributed by atoms with van der Waals surface area (Å²) in [7, 11) is 0. The highest BCUT2D eigenvalue weighted by atomic mass is 35.5. The number of halogens is 1. The van der Waals surface area contributed by atoms with Crippen LogP contribution in [0, 0.1) is 15.5 Å². The van der Waals surface area contributed by atoms with E-state index in [1.165, 1.54) is 12.1 Å². The van der Waals surface area contributed by atoms with Gasteiger partial charge < -0.3 is 10.2 Å². The van der Waals surface area contributed by atoms with Crippen LogP contribution in [0.15, 0.2) is 26.8 Å². The fraction of sp³-hybridized carbons (Fsp3) is 0.167. The first-order chi connectivity index (χ1) is 6.59. The maximum absolute atomic E-state index is 10.2. The Hall–Kier alpha value is -1.96. The van der Waals surface area contributed by atoms with Crippen molar-refractivity contribution < 1.29 is 9.34 Å². The van der Waals surface area contributed by atoms with Gasteiger partial charge in [0.25, 0.3) is 0 Å². The Morgan fingerprint density at radius 1 is 1.67 bits per heavy atom. The molecule has 8 nitrogen and oxygen atoms in total. The molecule has 0 aromatic carbocycles. The number of nitrogens with one attached hydrogen (secondary N) is 1. The van der Waals surface area contributed by atoms with Crippen LogP contribution < -0.4 is 5.73 Å². The van der Waals surface area contributed by atoms with Gasteiger partial charge in [-0.2, -0.15) is 5.11 Å². The number of furan rings is 1. The summed E-state index contributed by atoms with van der Waals surface area (Å²) < 4.78 is 4.76. The van der Waals surface area contributed by atoms with Crippen LogP contribution in [-0.4, -0.2) is 10.9 Å². The van der Waals surface area contributed by atoms with Gasteiger partial charge in [0, 0.05) is 0 Å². The van der Waals surface area contributed by atoms with E-state index in [4.69, 9.17) is 15.6 Å². The summed E-state index contributed by atoms with van der Waals surface area (Å²) >= 11 is 0. The second-order valence-corrected chi connectivity index (χ2v) is 2.28. The average molecular weight is 234 g/mol. The molecule has 15 heavy (non-hydrogen) atoms. The minimum absolute atomic E-state index is 0. The highest BCUT2D eigenvalue weighted by Gasteiger charge is 2.10. The smallest absolute Gasteiger partial charge is 0.404 e. The summed E-state index contributed by atoms with van der Waals surface area (Å²) in [4.78, 5) is 9.55. The molecular formula is C6H8ClN5O3. The van der Waals surface area contributed by atoms with Crippen LogP contribution in [0.2, 0.25) is 0 Å². The number of rotatable bonds is 3. The quantitative estimate of drug-likeness (QED) is 0.269. The molecule has 1 heterocycles. The van der Waals surface area contributed by atoms with E-state index in [9.17, 15) is 10.1 Å². The van der Waals surface area contributed by atoms with Crippen molar-refractivity contribution in [1.29, 1.82) is 5.41 Å². The molecule has 0 aliphatic carbocycles. The lowest BCUT2D eigenvalue weighted by Crippen LogP contribution is -2.03. The Kier molecular flexibility index (Phi) is 4.96. The van der Waals surface area contributed by atoms with Crippen molar-refractivity contribution in [1.82, 2.24) is 0 Å². The second kappa shape index (κ2) is 5.70. The number of guanidine groups is 1. The Morgan fingerprint density at radius 2 is 2.33 bits per heavy atom. The largest absolute Gasteiger partial charge is 0.433 e. The van der Waals surface area contributed by atoms with Crippen molar-refractivity contribution in [2.45, 2.75) is 6.54 Å². The van der Waals surface area contributed by atoms with Crippen molar-refractivity contribution in [2.75, 3.05) is 0 Å². The molecule has 0 aliphatic rings. The zero-order valence-corrected chi connectivity index (χ0v) is 8.23. The fourth-order valence-electron chi connectivity index (χ4n) is 0.731. The van der Waals surface area contributed by atoms with E-state index >= 15 is 0 Å². The highest BCUT2D eigenvalue weighted by Crippen LogP contribution is 2.15. The predicted molar refractivity (Wildman–Crippen MR) is 53.1 cm³/mol. The molecule has 1 rings (SSSR count). The third-order valence-electron chi connectivity index (χ3n) is 1.23. The van der Waals surface area contributed by atoms with E-state index in [1.807, 2.05) is 0 Å². The van der Waals surface area contributed by atoms with E-state index in [-0.39, 0.29) is 24.8 Å². The maximum Gasteiger partial charge on any atom is 0.433 e. The third-order valence-corrected chi connectivity index (χ3v) is 1.23. The van der Waals surface area contributed by atoms with Gasteiger partial charge >= 0.3 is 5.88 Å². The van der Waals surface area contributed by atoms with Gasteiger partial charge in [0.2, 0.25) is 5.96 Å². The summed E-state index contributed by atoms with van der Waals surface area (Å²) in [5.41, 5.74) is 4.89. The van der Waals surface area contributed by atoms with Gasteiger partial charge in [-0.15, -0.1) is 17.5 Å². The van der Waals surface area contributed by atoms with Crippen molar-refractivity contribution in [3.05, 3.63) is 28.0 Å². The number of hydrogen-bond acceptors (Lipinski definition) is 5. The van der Waals surface area contributed by atoms with Crippen LogP contribution in [0.4, 0.5) is 5.88 Å². The lowest BCUT2D eigenvalue weighted by Gasteiger charge is -1.86. The topological polar surface area (TPSA) is 131 Å². The molecule has 0 saturated carbocycles. The molecule has 0 radical (unpaired) electrons. The van der Waals surface area contributed by atoms with Gasteiger partial charge in [0.05, 0.1) is 6.07 Å². The summed E-state index contributed by atoms with van der Waals surface area (Å²) in [6.07, 6.45) is 0. The van der Waals surface area contributed by atoms with Gasteiger partial charge in [-0.1, -0.05) is 0 Å². The lowest BCUT2D eigenvalue weighted by molar-refractivity contribution is -0.402. The van der Waals surface area contributed by atoms with Gasteiger partial charge in [0.15, 0.2) is 0 Å². The number of nitro groups is 1. The number of nitrogens with zero attached hydrogens (tertiary/aromatic N) is 3. The minimum atomic E-state index is -0.647. The lowest BCUT2D eigenvalue weighted by atomic mass is 10.5. The SMILES string of the molecule is Cl.N=C(N)N=NCc1ccc([N+](=O)[O-])o1. The monoisotopic (exact) mass is 233 g/mol. The van der Waals surface area contributed by atoms with E-state index < -0.39 is 10.9 Å². The van der Waals surface area contributed by atoms with Crippen molar-refractivity contribution in [2.24, 2.45) is 16.0 Å². The molecule has 0 atom stereocenters. The fourth-order valence-corrected chi connectivity index (χ4v) is 0.731. The van der Waals surface area contributed by atoms with Gasteiger partial charge in [0.1, 0.15) is 17.2 Å². The van der Waals surface area contributed by atoms with Crippen LogP contribution >= 0.6 is 12.4 Å². The molecule has 1 aromatic heterocycles. The van der Waals surface area contributed by atoms with Gasteiger partial charge in [-0.3, -0.25) is 15.5 Å². The van der Waals surface area contributed by atoms with Crippen molar-refractivity contribution in [3.63, 3.8) is 0 Å². The van der Waals surface area contributed by atoms with Crippen LogP contribution in [0.25, 0.3) is 0 Å². The maximum atomic E-state index is 10.2. The Balaban J connectivity index is 0.00000196. The summed E-state index contributed by atoms with van der Waals surface area (Å²) in [6, 6.07) is 2.63. The molecule has 0 bridgehead atoms. The van der Waals surface area contributed by atoms with E-state index in [0.29, 0.717) is 5.76 Å². The first kappa shape index (κ1) is 13.0. The number of nitrogens with two attached hydrogens (primary N) is 1. The summed E-state index contributed by atoms with van der Waals surface area (Å²) in [6.45, 7) is 0.0212. The normalized spacial score (nSPS) is 9.87. The molecule has 9 heteroatoms. The van der Waals surface area contributed by atoms with Gasteiger partial charge in [-0.25, -0.2) is 0 Å². The number of hydrogen-bond donors (Lipinski definition) is 2. The van der Waals surface area contributed by atoms with E-state index in [0.717, 1.165) is 0 Å². The first-order valence-electron chi connectivity index (χ1n) is 3.54. The Labute approximate surface area is 90.2 Å². The summed E-state index contributed by atoms with van der Waals surface area (Å²) in [5.74, 6) is -0.481. The molecule has 0 saturated heterocycles. The second-order valence-electron chi connectivity index (χ2n) is 2.28. The minimum Gasteiger partial charge on any atom is -0.404 e. The van der Waals surface area contributed by atoms with Crippen LogP contribution in [-0.2, 0) is 6.54 Å². The predicted octanol–water partition coefficient (Wildman–Crippen LogP) is 1.46. The zero-order valence-electron chi connectivity index (χ0n) is 7.41. The van der Waals surface area contributed by atoms with Crippen molar-refractivity contribution in [3.8, 4) is 0 Å². The molecule has 3 N–H and O–H groups in total. The van der Waals surface area contributed by atoms with E-state index in [2.05, 4.69) is 10.2 Å².